The molecule has 0 aliphatic heterocycles. The van der Waals surface area contributed by atoms with E-state index in [1.165, 1.54) is 5.56 Å². The minimum absolute atomic E-state index is 0.102. The Hall–Kier alpha value is -2.43. The van der Waals surface area contributed by atoms with E-state index in [-0.39, 0.29) is 11.6 Å². The summed E-state index contributed by atoms with van der Waals surface area (Å²) in [5.41, 5.74) is 13.2. The lowest BCUT2D eigenvalue weighted by Gasteiger charge is -2.12. The topological polar surface area (TPSA) is 91.0 Å². The predicted octanol–water partition coefficient (Wildman–Crippen LogP) is 1.53. The van der Waals surface area contributed by atoms with Crippen molar-refractivity contribution in [3.63, 3.8) is 0 Å². The number of hydrogen-bond donors (Lipinski definition) is 3. The summed E-state index contributed by atoms with van der Waals surface area (Å²) in [6.07, 6.45) is 2.00. The van der Waals surface area contributed by atoms with Gasteiger partial charge in [0, 0.05) is 24.4 Å². The number of aryl methyl sites for hydroxylation is 1. The summed E-state index contributed by atoms with van der Waals surface area (Å²) in [6.45, 7) is 0.802. The van der Waals surface area contributed by atoms with Gasteiger partial charge in [-0.3, -0.25) is 0 Å². The standard InChI is InChI=1S/C14H18N4O/c15-13-9-12(10-14(16)18(13)19)17-8-4-7-11-5-2-1-3-6-11/h1-3,5-6,9-10,17H,4,7-8,15-16H2. The quantitative estimate of drug-likeness (QED) is 0.431. The molecule has 5 heteroatoms. The van der Waals surface area contributed by atoms with Gasteiger partial charge in [-0.05, 0) is 18.4 Å². The summed E-state index contributed by atoms with van der Waals surface area (Å²) >= 11 is 0. The lowest BCUT2D eigenvalue weighted by Crippen LogP contribution is -2.34. The van der Waals surface area contributed by atoms with E-state index in [1.54, 1.807) is 12.1 Å². The number of nitrogens with two attached hydrogens (primary N) is 2. The maximum atomic E-state index is 11.3. The molecule has 0 radical (unpaired) electrons. The Balaban J connectivity index is 1.83. The van der Waals surface area contributed by atoms with Crippen molar-refractivity contribution in [2.24, 2.45) is 0 Å². The highest BCUT2D eigenvalue weighted by Crippen LogP contribution is 2.12. The van der Waals surface area contributed by atoms with Gasteiger partial charge in [0.15, 0.2) is 0 Å². The molecule has 5 nitrogen and oxygen atoms in total. The second kappa shape index (κ2) is 5.95. The molecule has 0 aliphatic carbocycles. The molecule has 5 N–H and O–H groups in total. The van der Waals surface area contributed by atoms with Crippen LogP contribution in [0.5, 0.6) is 0 Å². The Morgan fingerprint density at radius 2 is 1.68 bits per heavy atom. The number of aromatic nitrogens is 1. The Morgan fingerprint density at radius 3 is 2.32 bits per heavy atom. The van der Waals surface area contributed by atoms with Crippen molar-refractivity contribution >= 4 is 17.3 Å². The van der Waals surface area contributed by atoms with Crippen LogP contribution in [0.15, 0.2) is 42.5 Å². The molecule has 0 aliphatic rings. The van der Waals surface area contributed by atoms with Crippen LogP contribution >= 0.6 is 0 Å². The maximum absolute atomic E-state index is 11.3. The Bertz CT molecular complexity index is 519. The first-order valence-electron chi connectivity index (χ1n) is 6.23. The first-order chi connectivity index (χ1) is 9.16. The molecule has 0 unspecified atom stereocenters. The zero-order valence-corrected chi connectivity index (χ0v) is 10.7. The van der Waals surface area contributed by atoms with Gasteiger partial charge in [0.1, 0.15) is 0 Å². The maximum Gasteiger partial charge on any atom is 0.221 e. The first-order valence-corrected chi connectivity index (χ1v) is 6.23. The Kier molecular flexibility index (Phi) is 4.07. The van der Waals surface area contributed by atoms with Crippen LogP contribution in [0.4, 0.5) is 17.3 Å². The van der Waals surface area contributed by atoms with Gasteiger partial charge in [-0.25, -0.2) is 4.73 Å². The molecule has 0 spiro atoms. The van der Waals surface area contributed by atoms with Gasteiger partial charge in [-0.1, -0.05) is 30.3 Å². The van der Waals surface area contributed by atoms with E-state index in [1.807, 2.05) is 18.2 Å². The molecule has 0 saturated carbocycles. The summed E-state index contributed by atoms with van der Waals surface area (Å²) in [5, 5.41) is 14.5. The summed E-state index contributed by atoms with van der Waals surface area (Å²) in [5.74, 6) is 0.205. The zero-order chi connectivity index (χ0) is 13.7. The van der Waals surface area contributed by atoms with Crippen molar-refractivity contribution in [1.29, 1.82) is 0 Å². The van der Waals surface area contributed by atoms with Crippen LogP contribution in [-0.2, 0) is 6.42 Å². The molecule has 19 heavy (non-hydrogen) atoms. The number of nitrogens with zero attached hydrogens (tertiary/aromatic N) is 1. The number of benzene rings is 1. The Labute approximate surface area is 112 Å². The Morgan fingerprint density at radius 1 is 1.05 bits per heavy atom. The van der Waals surface area contributed by atoms with Gasteiger partial charge < -0.3 is 22.0 Å². The number of nitrogen functional groups attached to an aromatic ring is 2. The average molecular weight is 258 g/mol. The highest BCUT2D eigenvalue weighted by molar-refractivity contribution is 5.53. The monoisotopic (exact) mass is 258 g/mol. The molecular formula is C14H18N4O. The molecule has 0 saturated heterocycles. The van der Waals surface area contributed by atoms with Crippen molar-refractivity contribution in [3.05, 3.63) is 53.2 Å². The molecule has 1 aromatic heterocycles. The lowest BCUT2D eigenvalue weighted by atomic mass is 10.1. The van der Waals surface area contributed by atoms with Crippen molar-refractivity contribution < 1.29 is 4.73 Å². The molecule has 2 aromatic rings. The van der Waals surface area contributed by atoms with Gasteiger partial charge in [0.25, 0.3) is 0 Å². The van der Waals surface area contributed by atoms with Crippen molar-refractivity contribution in [1.82, 2.24) is 0 Å². The van der Waals surface area contributed by atoms with Gasteiger partial charge >= 0.3 is 0 Å². The number of anilines is 3. The van der Waals surface area contributed by atoms with Gasteiger partial charge in [-0.2, -0.15) is 0 Å². The average Bonchev–Trinajstić information content (AvgIpc) is 2.42. The minimum atomic E-state index is 0.102. The fourth-order valence-corrected chi connectivity index (χ4v) is 1.90. The summed E-state index contributed by atoms with van der Waals surface area (Å²) in [7, 11) is 0. The van der Waals surface area contributed by atoms with Crippen LogP contribution < -0.4 is 21.5 Å². The van der Waals surface area contributed by atoms with E-state index in [4.69, 9.17) is 11.5 Å². The first kappa shape index (κ1) is 13.0. The fourth-order valence-electron chi connectivity index (χ4n) is 1.90. The number of nitrogens with one attached hydrogen (secondary N) is 1. The van der Waals surface area contributed by atoms with Crippen LogP contribution in [0, 0.1) is 5.21 Å². The number of pyridine rings is 1. The van der Waals surface area contributed by atoms with Gasteiger partial charge in [-0.15, -0.1) is 0 Å². The smallest absolute Gasteiger partial charge is 0.221 e. The van der Waals surface area contributed by atoms with Crippen LogP contribution in [-0.4, -0.2) is 6.54 Å². The van der Waals surface area contributed by atoms with E-state index in [2.05, 4.69) is 17.4 Å². The zero-order valence-electron chi connectivity index (χ0n) is 10.7. The van der Waals surface area contributed by atoms with E-state index >= 15 is 0 Å². The molecule has 2 rings (SSSR count). The van der Waals surface area contributed by atoms with E-state index in [0.717, 1.165) is 25.1 Å². The predicted molar refractivity (Wildman–Crippen MR) is 77.5 cm³/mol. The van der Waals surface area contributed by atoms with Crippen LogP contribution in [0.25, 0.3) is 0 Å². The SMILES string of the molecule is Nc1cc(NCCCc2ccccc2)cc(N)[n+]1[O-]. The second-order valence-electron chi connectivity index (χ2n) is 4.40. The third-order valence-corrected chi connectivity index (χ3v) is 2.89. The summed E-state index contributed by atoms with van der Waals surface area (Å²) in [4.78, 5) is 0. The van der Waals surface area contributed by atoms with Crippen LogP contribution in [0.3, 0.4) is 0 Å². The highest BCUT2D eigenvalue weighted by atomic mass is 16.5. The lowest BCUT2D eigenvalue weighted by molar-refractivity contribution is -0.574. The molecule has 0 fully saturated rings. The highest BCUT2D eigenvalue weighted by Gasteiger charge is 2.03. The molecule has 0 bridgehead atoms. The van der Waals surface area contributed by atoms with Crippen LogP contribution in [0.1, 0.15) is 12.0 Å². The molecule has 1 aromatic carbocycles. The minimum Gasteiger partial charge on any atom is -0.740 e. The second-order valence-corrected chi connectivity index (χ2v) is 4.40. The van der Waals surface area contributed by atoms with Crippen molar-refractivity contribution in [2.45, 2.75) is 12.8 Å². The molecular weight excluding hydrogens is 240 g/mol. The summed E-state index contributed by atoms with van der Waals surface area (Å²) < 4.78 is 0.509. The fraction of sp³-hybridized carbons (Fsp3) is 0.214. The van der Waals surface area contributed by atoms with Gasteiger partial charge in [0.05, 0.1) is 0 Å². The van der Waals surface area contributed by atoms with E-state index in [0.29, 0.717) is 4.73 Å². The normalized spacial score (nSPS) is 10.3. The summed E-state index contributed by atoms with van der Waals surface area (Å²) in [6, 6.07) is 13.5. The van der Waals surface area contributed by atoms with E-state index < -0.39 is 0 Å². The molecule has 100 valence electrons. The third kappa shape index (κ3) is 3.51. The number of hydrogen-bond acceptors (Lipinski definition) is 4. The van der Waals surface area contributed by atoms with Gasteiger partial charge in [0.2, 0.25) is 11.6 Å². The largest absolute Gasteiger partial charge is 0.740 e. The molecule has 0 atom stereocenters. The van der Waals surface area contributed by atoms with E-state index in [9.17, 15) is 5.21 Å². The third-order valence-electron chi connectivity index (χ3n) is 2.89. The van der Waals surface area contributed by atoms with Crippen molar-refractivity contribution in [2.75, 3.05) is 23.3 Å². The van der Waals surface area contributed by atoms with Crippen molar-refractivity contribution in [3.8, 4) is 0 Å². The molecule has 0 amide bonds. The van der Waals surface area contributed by atoms with Crippen LogP contribution in [0.2, 0.25) is 0 Å². The molecule has 1 heterocycles. The number of rotatable bonds is 5.